The maximum atomic E-state index is 10.7. The van der Waals surface area contributed by atoms with Gasteiger partial charge in [-0.15, -0.1) is 0 Å². The van der Waals surface area contributed by atoms with Gasteiger partial charge in [0.1, 0.15) is 41.7 Å². The molecule has 11 nitrogen and oxygen atoms in total. The Balaban J connectivity index is 0.00000280. The van der Waals surface area contributed by atoms with Crippen LogP contribution in [0, 0.1) is 0 Å². The Morgan fingerprint density at radius 1 is 1.39 bits per heavy atom. The molecule has 1 saturated heterocycles. The first-order valence-corrected chi connectivity index (χ1v) is 10.3. The van der Waals surface area contributed by atoms with Crippen LogP contribution < -0.4 is 16.6 Å². The van der Waals surface area contributed by atoms with Gasteiger partial charge in [0, 0.05) is 12.5 Å². The van der Waals surface area contributed by atoms with Crippen LogP contribution in [-0.2, 0) is 20.4 Å². The number of aliphatic hydroxyl groups excluding tert-OH is 2. The summed E-state index contributed by atoms with van der Waals surface area (Å²) in [7, 11) is -0.263. The van der Waals surface area contributed by atoms with E-state index in [-0.39, 0.29) is 36.6 Å². The van der Waals surface area contributed by atoms with Crippen LogP contribution in [0.4, 0.5) is 5.82 Å². The highest BCUT2D eigenvalue weighted by Gasteiger charge is 2.46. The normalized spacial score (nSPS) is 26.7. The first kappa shape index (κ1) is 22.6. The van der Waals surface area contributed by atoms with Crippen molar-refractivity contribution >= 4 is 47.3 Å². The van der Waals surface area contributed by atoms with E-state index in [0.29, 0.717) is 22.7 Å². The minimum Gasteiger partial charge on any atom is -0.548 e. The van der Waals surface area contributed by atoms with Crippen LogP contribution in [0.15, 0.2) is 12.7 Å². The van der Waals surface area contributed by atoms with E-state index in [1.165, 1.54) is 17.2 Å². The predicted molar refractivity (Wildman–Crippen MR) is 107 cm³/mol. The summed E-state index contributed by atoms with van der Waals surface area (Å²) in [6.45, 7) is 0. The number of aliphatic hydroxyl groups is 2. The molecule has 28 heavy (non-hydrogen) atoms. The fraction of sp³-hybridized carbons (Fsp3) is 0.600. The molecule has 1 fully saturated rings. The standard InChI is InChI=1S/C15H22N6O5S.H2S/c1-27(3-2-7(16)15(24)25)4-8-10(22)11(23)14(26-8)21-6-20-9-12(17)18-5-19-13(9)21;/h5-8,10-11,14,22-23H,2-4,16H2,1H3,(H2-,17,18,19,24,25);1H2/t7?,8-,10-,11-,14-,27?;/m1./s1. The summed E-state index contributed by atoms with van der Waals surface area (Å²) in [5, 5.41) is 31.5. The molecular formula is C15H24N6O5S2. The van der Waals surface area contributed by atoms with Gasteiger partial charge in [0.15, 0.2) is 17.7 Å². The number of nitrogens with two attached hydrogens (primary N) is 2. The van der Waals surface area contributed by atoms with Gasteiger partial charge in [-0.1, -0.05) is 0 Å². The second-order valence-electron chi connectivity index (χ2n) is 6.50. The predicted octanol–water partition coefficient (Wildman–Crippen LogP) is -3.14. The third-order valence-electron chi connectivity index (χ3n) is 4.53. The van der Waals surface area contributed by atoms with Crippen molar-refractivity contribution in [2.24, 2.45) is 5.73 Å². The highest BCUT2D eigenvalue weighted by Crippen LogP contribution is 2.32. The van der Waals surface area contributed by atoms with Crippen molar-refractivity contribution < 1.29 is 24.9 Å². The molecule has 3 rings (SSSR count). The number of fused-ring (bicyclic) bond motifs is 1. The Morgan fingerprint density at radius 3 is 2.79 bits per heavy atom. The number of aromatic nitrogens is 4. The van der Waals surface area contributed by atoms with Gasteiger partial charge in [-0.2, -0.15) is 13.5 Å². The number of carboxylic acids is 1. The number of carboxylic acid groups (broad SMARTS) is 1. The van der Waals surface area contributed by atoms with Gasteiger partial charge in [-0.05, 0) is 10.9 Å². The van der Waals surface area contributed by atoms with Gasteiger partial charge >= 0.3 is 0 Å². The maximum Gasteiger partial charge on any atom is 0.167 e. The zero-order valence-electron chi connectivity index (χ0n) is 15.1. The summed E-state index contributed by atoms with van der Waals surface area (Å²) in [6, 6.07) is -1.02. The van der Waals surface area contributed by atoms with Crippen LogP contribution in [0.5, 0.6) is 0 Å². The van der Waals surface area contributed by atoms with E-state index in [9.17, 15) is 20.1 Å². The number of anilines is 1. The number of aliphatic carboxylic acids is 1. The molecule has 13 heteroatoms. The lowest BCUT2D eigenvalue weighted by Gasteiger charge is -2.16. The lowest BCUT2D eigenvalue weighted by atomic mass is 10.1. The van der Waals surface area contributed by atoms with Crippen molar-refractivity contribution in [2.45, 2.75) is 37.0 Å². The summed E-state index contributed by atoms with van der Waals surface area (Å²) in [5.41, 5.74) is 12.0. The Hall–Kier alpha value is -1.64. The number of imidazole rings is 1. The van der Waals surface area contributed by atoms with E-state index in [4.69, 9.17) is 16.2 Å². The molecule has 0 amide bonds. The molecule has 2 aromatic rings. The van der Waals surface area contributed by atoms with Crippen LogP contribution in [-0.4, -0.2) is 77.8 Å². The van der Waals surface area contributed by atoms with Crippen molar-refractivity contribution in [2.75, 3.05) is 23.5 Å². The summed E-state index contributed by atoms with van der Waals surface area (Å²) >= 11 is 0. The third-order valence-corrected chi connectivity index (χ3v) is 6.36. The van der Waals surface area contributed by atoms with E-state index in [1.54, 1.807) is 0 Å². The van der Waals surface area contributed by atoms with Gasteiger partial charge in [0.05, 0.1) is 18.6 Å². The number of rotatable bonds is 7. The SMILES string of the molecule is C[S+](CCC(N)C(=O)[O-])C[C@H]1O[C@@H](n2cnc3c(N)ncnc32)[C@H](O)[C@@H]1O.S. The minimum absolute atomic E-state index is 0. The molecule has 3 heterocycles. The van der Waals surface area contributed by atoms with Crippen LogP contribution in [0.2, 0.25) is 0 Å². The van der Waals surface area contributed by atoms with Gasteiger partial charge in [-0.3, -0.25) is 4.57 Å². The van der Waals surface area contributed by atoms with Crippen molar-refractivity contribution in [1.82, 2.24) is 19.5 Å². The average molecular weight is 433 g/mol. The average Bonchev–Trinajstić information content (AvgIpc) is 3.17. The molecule has 0 spiro atoms. The number of nitrogen functional groups attached to an aromatic ring is 1. The van der Waals surface area contributed by atoms with E-state index >= 15 is 0 Å². The summed E-state index contributed by atoms with van der Waals surface area (Å²) in [5.74, 6) is -0.0611. The zero-order chi connectivity index (χ0) is 19.7. The lowest BCUT2D eigenvalue weighted by molar-refractivity contribution is -0.307. The molecule has 2 aromatic heterocycles. The van der Waals surface area contributed by atoms with Crippen LogP contribution in [0.3, 0.4) is 0 Å². The molecule has 0 saturated carbocycles. The second kappa shape index (κ2) is 9.24. The minimum atomic E-state index is -1.28. The second-order valence-corrected chi connectivity index (χ2v) is 8.80. The van der Waals surface area contributed by atoms with Crippen molar-refractivity contribution in [1.29, 1.82) is 0 Å². The van der Waals surface area contributed by atoms with Gasteiger partial charge < -0.3 is 36.3 Å². The van der Waals surface area contributed by atoms with E-state index in [0.717, 1.165) is 0 Å². The summed E-state index contributed by atoms with van der Waals surface area (Å²) < 4.78 is 7.39. The Morgan fingerprint density at radius 2 is 2.11 bits per heavy atom. The van der Waals surface area contributed by atoms with E-state index in [1.807, 2.05) is 6.26 Å². The molecule has 0 radical (unpaired) electrons. The molecule has 0 bridgehead atoms. The van der Waals surface area contributed by atoms with Crippen LogP contribution in [0.25, 0.3) is 11.2 Å². The fourth-order valence-electron chi connectivity index (χ4n) is 2.96. The molecule has 0 aliphatic carbocycles. The van der Waals surface area contributed by atoms with E-state index in [2.05, 4.69) is 15.0 Å². The maximum absolute atomic E-state index is 10.7. The van der Waals surface area contributed by atoms with Gasteiger partial charge in [0.25, 0.3) is 0 Å². The first-order valence-electron chi connectivity index (χ1n) is 8.29. The number of carbonyl (C=O) groups excluding carboxylic acids is 1. The molecule has 0 aromatic carbocycles. The molecule has 6 N–H and O–H groups in total. The van der Waals surface area contributed by atoms with Crippen LogP contribution >= 0.6 is 13.5 Å². The molecule has 156 valence electrons. The number of ether oxygens (including phenoxy) is 1. The fourth-order valence-corrected chi connectivity index (χ4v) is 4.62. The molecule has 2 unspecified atom stereocenters. The quantitative estimate of drug-likeness (QED) is 0.326. The lowest BCUT2D eigenvalue weighted by Crippen LogP contribution is -2.43. The van der Waals surface area contributed by atoms with Gasteiger partial charge in [0.2, 0.25) is 0 Å². The van der Waals surface area contributed by atoms with Crippen molar-refractivity contribution in [3.63, 3.8) is 0 Å². The smallest absolute Gasteiger partial charge is 0.167 e. The topological polar surface area (TPSA) is 185 Å². The monoisotopic (exact) mass is 432 g/mol. The van der Waals surface area contributed by atoms with Crippen molar-refractivity contribution in [3.8, 4) is 0 Å². The Kier molecular flexibility index (Phi) is 7.47. The number of carbonyl (C=O) groups is 1. The molecule has 6 atom stereocenters. The van der Waals surface area contributed by atoms with E-state index < -0.39 is 36.6 Å². The Bertz CT molecular complexity index is 823. The van der Waals surface area contributed by atoms with Gasteiger partial charge in [-0.25, -0.2) is 15.0 Å². The highest BCUT2D eigenvalue weighted by molar-refractivity contribution is 7.96. The van der Waals surface area contributed by atoms with Crippen LogP contribution in [0.1, 0.15) is 12.6 Å². The zero-order valence-corrected chi connectivity index (χ0v) is 17.0. The number of hydrogen-bond acceptors (Lipinski definition) is 10. The summed E-state index contributed by atoms with van der Waals surface area (Å²) in [4.78, 5) is 22.8. The molecule has 1 aliphatic heterocycles. The third kappa shape index (κ3) is 4.50. The van der Waals surface area contributed by atoms with Crippen molar-refractivity contribution in [3.05, 3.63) is 12.7 Å². The summed E-state index contributed by atoms with van der Waals surface area (Å²) in [6.07, 6.45) is 1.17. The number of hydrogen-bond donors (Lipinski definition) is 4. The number of nitrogens with zero attached hydrogens (tertiary/aromatic N) is 4. The highest BCUT2D eigenvalue weighted by atomic mass is 32.2. The molecule has 1 aliphatic rings. The molecular weight excluding hydrogens is 408 g/mol. The first-order chi connectivity index (χ1) is 12.8. The Labute approximate surface area is 170 Å². The largest absolute Gasteiger partial charge is 0.548 e.